The van der Waals surface area contributed by atoms with Gasteiger partial charge in [-0.3, -0.25) is 9.59 Å². The van der Waals surface area contributed by atoms with Gasteiger partial charge >= 0.3 is 5.63 Å². The molecule has 2 amide bonds. The summed E-state index contributed by atoms with van der Waals surface area (Å²) in [5, 5.41) is 19.7. The van der Waals surface area contributed by atoms with Crippen LogP contribution in [0.1, 0.15) is 21.5 Å². The van der Waals surface area contributed by atoms with Crippen molar-refractivity contribution in [1.82, 2.24) is 5.32 Å². The number of carbonyl (C=O) groups is 2. The van der Waals surface area contributed by atoms with E-state index in [1.54, 1.807) is 60.7 Å². The van der Waals surface area contributed by atoms with Gasteiger partial charge in [-0.1, -0.05) is 24.3 Å². The van der Waals surface area contributed by atoms with Crippen molar-refractivity contribution in [2.45, 2.75) is 10.6 Å². The van der Waals surface area contributed by atoms with Gasteiger partial charge in [-0.25, -0.2) is 4.79 Å². The standard InChI is InChI=1S/C30H22N2O5S2/c33-24-10-9-21-14-22(30(36)37-27(21)16-24)18-39-25-8-4-7-23(15-25)31-29(35)26(13-19-11-12-38-17-19)32-28(34)20-5-2-1-3-6-20/h1-17,33H,18H2,(H,31,35)(H,32,34)/b26-13+. The van der Waals surface area contributed by atoms with E-state index in [-0.39, 0.29) is 17.4 Å². The number of carbonyl (C=O) groups excluding carboxylic acids is 2. The number of thiophene rings is 1. The lowest BCUT2D eigenvalue weighted by molar-refractivity contribution is -0.113. The van der Waals surface area contributed by atoms with Crippen LogP contribution in [0.4, 0.5) is 5.69 Å². The van der Waals surface area contributed by atoms with E-state index in [0.717, 1.165) is 10.5 Å². The Balaban J connectivity index is 1.30. The fourth-order valence-electron chi connectivity index (χ4n) is 3.73. The molecule has 0 bridgehead atoms. The van der Waals surface area contributed by atoms with Crippen LogP contribution in [0.2, 0.25) is 0 Å². The van der Waals surface area contributed by atoms with Gasteiger partial charge in [-0.05, 0) is 77.0 Å². The Morgan fingerprint density at radius 3 is 2.62 bits per heavy atom. The topological polar surface area (TPSA) is 109 Å². The number of fused-ring (bicyclic) bond motifs is 1. The molecule has 0 aliphatic heterocycles. The van der Waals surface area contributed by atoms with Crippen LogP contribution in [-0.2, 0) is 10.5 Å². The molecule has 9 heteroatoms. The molecule has 0 fully saturated rings. The lowest BCUT2D eigenvalue weighted by atomic mass is 10.2. The first-order valence-corrected chi connectivity index (χ1v) is 13.8. The fraction of sp³-hybridized carbons (Fsp3) is 0.0333. The number of phenols is 1. The van der Waals surface area contributed by atoms with E-state index in [1.165, 1.54) is 35.2 Å². The summed E-state index contributed by atoms with van der Waals surface area (Å²) in [6.07, 6.45) is 1.63. The maximum atomic E-state index is 13.2. The minimum absolute atomic E-state index is 0.0274. The Morgan fingerprint density at radius 1 is 0.974 bits per heavy atom. The van der Waals surface area contributed by atoms with Gasteiger partial charge in [-0.15, -0.1) is 11.8 Å². The summed E-state index contributed by atoms with van der Waals surface area (Å²) in [6, 6.07) is 24.1. The maximum absolute atomic E-state index is 13.2. The van der Waals surface area contributed by atoms with Crippen molar-refractivity contribution in [3.63, 3.8) is 0 Å². The average molecular weight is 555 g/mol. The summed E-state index contributed by atoms with van der Waals surface area (Å²) in [6.45, 7) is 0. The number of phenolic OH excluding ortho intramolecular Hbond substituents is 1. The second kappa shape index (κ2) is 11.8. The molecule has 5 rings (SSSR count). The van der Waals surface area contributed by atoms with Crippen molar-refractivity contribution in [3.05, 3.63) is 128 Å². The van der Waals surface area contributed by atoms with Gasteiger partial charge in [-0.2, -0.15) is 11.3 Å². The molecule has 0 unspecified atom stereocenters. The summed E-state index contributed by atoms with van der Waals surface area (Å²) >= 11 is 2.91. The van der Waals surface area contributed by atoms with Gasteiger partial charge in [0.25, 0.3) is 11.8 Å². The molecule has 0 spiro atoms. The van der Waals surface area contributed by atoms with Crippen molar-refractivity contribution in [3.8, 4) is 5.75 Å². The average Bonchev–Trinajstić information content (AvgIpc) is 3.45. The molecule has 3 aromatic carbocycles. The predicted molar refractivity (Wildman–Crippen MR) is 155 cm³/mol. The second-order valence-corrected chi connectivity index (χ2v) is 10.3. The normalized spacial score (nSPS) is 11.3. The van der Waals surface area contributed by atoms with Gasteiger partial charge in [0.15, 0.2) is 0 Å². The fourth-order valence-corrected chi connectivity index (χ4v) is 5.26. The highest BCUT2D eigenvalue weighted by Crippen LogP contribution is 2.26. The van der Waals surface area contributed by atoms with Crippen LogP contribution in [-0.4, -0.2) is 16.9 Å². The summed E-state index contributed by atoms with van der Waals surface area (Å²) in [4.78, 5) is 39.2. The molecule has 5 aromatic rings. The number of benzene rings is 3. The highest BCUT2D eigenvalue weighted by atomic mass is 32.2. The third-order valence-electron chi connectivity index (χ3n) is 5.66. The van der Waals surface area contributed by atoms with Gasteiger partial charge in [0.1, 0.15) is 17.0 Å². The number of amides is 2. The third-order valence-corrected chi connectivity index (χ3v) is 7.41. The maximum Gasteiger partial charge on any atom is 0.340 e. The van der Waals surface area contributed by atoms with Gasteiger partial charge < -0.3 is 20.2 Å². The second-order valence-electron chi connectivity index (χ2n) is 8.49. The van der Waals surface area contributed by atoms with E-state index < -0.39 is 11.5 Å². The smallest absolute Gasteiger partial charge is 0.340 e. The lowest BCUT2D eigenvalue weighted by Crippen LogP contribution is -2.30. The van der Waals surface area contributed by atoms with E-state index in [0.29, 0.717) is 33.5 Å². The van der Waals surface area contributed by atoms with Crippen molar-refractivity contribution in [2.75, 3.05) is 5.32 Å². The molecule has 7 nitrogen and oxygen atoms in total. The van der Waals surface area contributed by atoms with Crippen LogP contribution < -0.4 is 16.3 Å². The molecular formula is C30H22N2O5S2. The van der Waals surface area contributed by atoms with E-state index in [9.17, 15) is 19.5 Å². The number of nitrogens with one attached hydrogen (secondary N) is 2. The number of thioether (sulfide) groups is 1. The Bertz CT molecular complexity index is 1730. The van der Waals surface area contributed by atoms with E-state index in [2.05, 4.69) is 10.6 Å². The summed E-state index contributed by atoms with van der Waals surface area (Å²) in [5.41, 5.74) is 2.22. The Kier molecular flexibility index (Phi) is 7.91. The zero-order chi connectivity index (χ0) is 27.2. The number of rotatable bonds is 8. The minimum atomic E-state index is -0.470. The molecule has 39 heavy (non-hydrogen) atoms. The molecular weight excluding hydrogens is 532 g/mol. The van der Waals surface area contributed by atoms with Crippen molar-refractivity contribution in [2.24, 2.45) is 0 Å². The van der Waals surface area contributed by atoms with Crippen LogP contribution in [0.5, 0.6) is 5.75 Å². The van der Waals surface area contributed by atoms with Crippen molar-refractivity contribution < 1.29 is 19.1 Å². The van der Waals surface area contributed by atoms with Crippen molar-refractivity contribution in [1.29, 1.82) is 0 Å². The number of aromatic hydroxyl groups is 1. The van der Waals surface area contributed by atoms with Crippen molar-refractivity contribution >= 4 is 57.6 Å². The predicted octanol–water partition coefficient (Wildman–Crippen LogP) is 6.26. The zero-order valence-electron chi connectivity index (χ0n) is 20.4. The molecule has 2 aromatic heterocycles. The molecule has 0 atom stereocenters. The van der Waals surface area contributed by atoms with E-state index in [1.807, 2.05) is 29.0 Å². The Morgan fingerprint density at radius 2 is 1.82 bits per heavy atom. The van der Waals surface area contributed by atoms with E-state index in [4.69, 9.17) is 4.42 Å². The molecule has 3 N–H and O–H groups in total. The highest BCUT2D eigenvalue weighted by Gasteiger charge is 2.16. The number of hydrogen-bond donors (Lipinski definition) is 3. The summed E-state index contributed by atoms with van der Waals surface area (Å²) < 4.78 is 5.35. The molecule has 0 saturated carbocycles. The van der Waals surface area contributed by atoms with Crippen LogP contribution in [0.3, 0.4) is 0 Å². The van der Waals surface area contributed by atoms with Gasteiger partial charge in [0.2, 0.25) is 0 Å². The molecule has 2 heterocycles. The first kappa shape index (κ1) is 26.0. The first-order chi connectivity index (χ1) is 18.9. The Hall–Kier alpha value is -4.60. The minimum Gasteiger partial charge on any atom is -0.508 e. The lowest BCUT2D eigenvalue weighted by Gasteiger charge is -2.12. The first-order valence-electron chi connectivity index (χ1n) is 11.8. The van der Waals surface area contributed by atoms with Crippen LogP contribution in [0.25, 0.3) is 17.0 Å². The molecule has 194 valence electrons. The van der Waals surface area contributed by atoms with Crippen LogP contribution in [0.15, 0.2) is 115 Å². The SMILES string of the molecule is O=C(Nc1cccc(SCc2cc3ccc(O)cc3oc2=O)c1)/C(=C\c1ccsc1)NC(=O)c1ccccc1. The van der Waals surface area contributed by atoms with E-state index >= 15 is 0 Å². The summed E-state index contributed by atoms with van der Waals surface area (Å²) in [7, 11) is 0. The third kappa shape index (κ3) is 6.64. The molecule has 0 saturated heterocycles. The van der Waals surface area contributed by atoms with Gasteiger partial charge in [0, 0.05) is 38.9 Å². The zero-order valence-corrected chi connectivity index (χ0v) is 22.1. The summed E-state index contributed by atoms with van der Waals surface area (Å²) in [5.74, 6) is -0.473. The number of hydrogen-bond acceptors (Lipinski definition) is 7. The molecule has 0 aliphatic rings. The number of anilines is 1. The largest absolute Gasteiger partial charge is 0.508 e. The monoisotopic (exact) mass is 554 g/mol. The van der Waals surface area contributed by atoms with Crippen LogP contribution in [0, 0.1) is 0 Å². The molecule has 0 aliphatic carbocycles. The highest BCUT2D eigenvalue weighted by molar-refractivity contribution is 7.98. The van der Waals surface area contributed by atoms with Gasteiger partial charge in [0.05, 0.1) is 0 Å². The van der Waals surface area contributed by atoms with Crippen LogP contribution >= 0.6 is 23.1 Å². The Labute approximate surface area is 231 Å². The quantitative estimate of drug-likeness (QED) is 0.119. The molecule has 0 radical (unpaired) electrons.